The fourth-order valence-electron chi connectivity index (χ4n) is 1.08. The maximum atomic E-state index is 4.27. The van der Waals surface area contributed by atoms with Crippen LogP contribution >= 0.6 is 0 Å². The van der Waals surface area contributed by atoms with Gasteiger partial charge in [0.1, 0.15) is 11.0 Å². The highest BCUT2D eigenvalue weighted by Gasteiger charge is 2.03. The average Bonchev–Trinajstić information content (AvgIpc) is 2.49. The van der Waals surface area contributed by atoms with Crippen molar-refractivity contribution >= 4 is 11.0 Å². The van der Waals surface area contributed by atoms with Gasteiger partial charge in [0.2, 0.25) is 0 Å². The summed E-state index contributed by atoms with van der Waals surface area (Å²) in [4.78, 5) is 4.27. The number of hydrogen-bond acceptors (Lipinski definition) is 3. The van der Waals surface area contributed by atoms with Crippen LogP contribution in [-0.4, -0.2) is 20.4 Å². The Labute approximate surface area is 70.0 Å². The second-order valence-corrected chi connectivity index (χ2v) is 3.09. The summed E-state index contributed by atoms with van der Waals surface area (Å²) in [5, 5.41) is 10.4. The van der Waals surface area contributed by atoms with Crippen LogP contribution < -0.4 is 0 Å². The van der Waals surface area contributed by atoms with Crippen molar-refractivity contribution < 1.29 is 0 Å². The molecule has 62 valence electrons. The molecule has 0 saturated carbocycles. The van der Waals surface area contributed by atoms with Gasteiger partial charge in [0.05, 0.1) is 6.20 Å². The topological polar surface area (TPSA) is 54.5 Å². The summed E-state index contributed by atoms with van der Waals surface area (Å²) in [6.07, 6.45) is 1.77. The van der Waals surface area contributed by atoms with E-state index >= 15 is 0 Å². The van der Waals surface area contributed by atoms with E-state index in [1.807, 2.05) is 6.07 Å². The number of fused-ring (bicyclic) bond motifs is 1. The van der Waals surface area contributed by atoms with Gasteiger partial charge in [0.15, 0.2) is 0 Å². The molecular formula is C8H10N4. The highest BCUT2D eigenvalue weighted by Crippen LogP contribution is 2.14. The molecule has 0 unspecified atom stereocenters. The van der Waals surface area contributed by atoms with E-state index < -0.39 is 0 Å². The molecule has 0 amide bonds. The summed E-state index contributed by atoms with van der Waals surface area (Å²) in [5.74, 6) is 0.436. The Morgan fingerprint density at radius 3 is 3.00 bits per heavy atom. The minimum Gasteiger partial charge on any atom is -0.259 e. The van der Waals surface area contributed by atoms with Crippen molar-refractivity contribution in [1.29, 1.82) is 0 Å². The van der Waals surface area contributed by atoms with Gasteiger partial charge in [0, 0.05) is 5.69 Å². The van der Waals surface area contributed by atoms with Crippen LogP contribution in [0.15, 0.2) is 12.3 Å². The van der Waals surface area contributed by atoms with E-state index in [9.17, 15) is 0 Å². The Bertz CT molecular complexity index is 391. The first kappa shape index (κ1) is 7.21. The van der Waals surface area contributed by atoms with Gasteiger partial charge in [-0.25, -0.2) is 0 Å². The van der Waals surface area contributed by atoms with Crippen molar-refractivity contribution in [3.05, 3.63) is 18.0 Å². The molecule has 4 nitrogen and oxygen atoms in total. The molecule has 2 aromatic rings. The zero-order valence-electron chi connectivity index (χ0n) is 7.07. The van der Waals surface area contributed by atoms with Gasteiger partial charge >= 0.3 is 0 Å². The number of rotatable bonds is 1. The van der Waals surface area contributed by atoms with Crippen LogP contribution in [-0.2, 0) is 0 Å². The lowest BCUT2D eigenvalue weighted by Gasteiger charge is -2.01. The molecule has 0 aromatic carbocycles. The second kappa shape index (κ2) is 2.55. The molecule has 0 spiro atoms. The molecule has 0 fully saturated rings. The molecule has 1 N–H and O–H groups in total. The van der Waals surface area contributed by atoms with Gasteiger partial charge in [-0.15, -0.1) is 5.10 Å². The normalized spacial score (nSPS) is 11.2. The van der Waals surface area contributed by atoms with Crippen molar-refractivity contribution in [3.8, 4) is 0 Å². The fourth-order valence-corrected chi connectivity index (χ4v) is 1.08. The maximum absolute atomic E-state index is 4.27. The summed E-state index contributed by atoms with van der Waals surface area (Å²) in [5.41, 5.74) is 2.82. The number of pyridine rings is 1. The number of nitrogens with zero attached hydrogens (tertiary/aromatic N) is 3. The number of aromatic nitrogens is 4. The van der Waals surface area contributed by atoms with Gasteiger partial charge in [0.25, 0.3) is 0 Å². The Morgan fingerprint density at radius 1 is 1.42 bits per heavy atom. The predicted octanol–water partition coefficient (Wildman–Crippen LogP) is 1.48. The van der Waals surface area contributed by atoms with Crippen molar-refractivity contribution in [3.63, 3.8) is 0 Å². The van der Waals surface area contributed by atoms with E-state index in [0.29, 0.717) is 5.92 Å². The zero-order valence-corrected chi connectivity index (χ0v) is 7.07. The molecule has 4 heteroatoms. The molecule has 0 bridgehead atoms. The molecule has 0 aliphatic heterocycles. The van der Waals surface area contributed by atoms with Gasteiger partial charge in [-0.1, -0.05) is 19.1 Å². The Morgan fingerprint density at radius 2 is 2.25 bits per heavy atom. The summed E-state index contributed by atoms with van der Waals surface area (Å²) in [6, 6.07) is 1.96. The van der Waals surface area contributed by atoms with E-state index in [2.05, 4.69) is 34.2 Å². The third kappa shape index (κ3) is 1.05. The zero-order chi connectivity index (χ0) is 8.55. The number of aromatic amines is 1. The summed E-state index contributed by atoms with van der Waals surface area (Å²) in [7, 11) is 0. The molecule has 0 radical (unpaired) electrons. The van der Waals surface area contributed by atoms with Crippen LogP contribution in [0.1, 0.15) is 25.5 Å². The summed E-state index contributed by atoms with van der Waals surface area (Å²) < 4.78 is 0. The number of nitrogens with one attached hydrogen (secondary N) is 1. The van der Waals surface area contributed by atoms with Gasteiger partial charge in [-0.3, -0.25) is 10.1 Å². The van der Waals surface area contributed by atoms with E-state index in [-0.39, 0.29) is 0 Å². The number of hydrogen-bond donors (Lipinski definition) is 1. The number of H-pyrrole nitrogens is 1. The molecule has 2 aromatic heterocycles. The monoisotopic (exact) mass is 162 g/mol. The second-order valence-electron chi connectivity index (χ2n) is 3.09. The highest BCUT2D eigenvalue weighted by molar-refractivity contribution is 5.72. The Balaban J connectivity index is 2.60. The van der Waals surface area contributed by atoms with E-state index in [4.69, 9.17) is 0 Å². The molecule has 0 atom stereocenters. The third-order valence-electron chi connectivity index (χ3n) is 1.82. The summed E-state index contributed by atoms with van der Waals surface area (Å²) >= 11 is 0. The smallest absolute Gasteiger partial charge is 0.116 e. The first-order chi connectivity index (χ1) is 5.77. The van der Waals surface area contributed by atoms with Crippen LogP contribution in [0.2, 0.25) is 0 Å². The van der Waals surface area contributed by atoms with Crippen molar-refractivity contribution in [1.82, 2.24) is 20.4 Å². The molecule has 0 aliphatic rings. The van der Waals surface area contributed by atoms with Crippen molar-refractivity contribution in [2.24, 2.45) is 0 Å². The Kier molecular flexibility index (Phi) is 1.53. The minimum absolute atomic E-state index is 0.436. The van der Waals surface area contributed by atoms with Gasteiger partial charge in [-0.2, -0.15) is 0 Å². The molecule has 12 heavy (non-hydrogen) atoms. The fraction of sp³-hybridized carbons (Fsp3) is 0.375. The quantitative estimate of drug-likeness (QED) is 0.690. The maximum Gasteiger partial charge on any atom is 0.116 e. The standard InChI is InChI=1S/C8H10N4/c1-5(2)6-3-7-8(4-9-6)11-12-10-7/h3-5H,1-2H3,(H,10,11,12). The third-order valence-corrected chi connectivity index (χ3v) is 1.82. The first-order valence-electron chi connectivity index (χ1n) is 3.94. The van der Waals surface area contributed by atoms with Crippen LogP contribution in [0.3, 0.4) is 0 Å². The largest absolute Gasteiger partial charge is 0.259 e. The van der Waals surface area contributed by atoms with E-state index in [1.54, 1.807) is 6.20 Å². The summed E-state index contributed by atoms with van der Waals surface area (Å²) in [6.45, 7) is 4.21. The van der Waals surface area contributed by atoms with Crippen molar-refractivity contribution in [2.75, 3.05) is 0 Å². The van der Waals surface area contributed by atoms with Crippen LogP contribution in [0.5, 0.6) is 0 Å². The molecule has 2 rings (SSSR count). The lowest BCUT2D eigenvalue weighted by molar-refractivity contribution is 0.825. The van der Waals surface area contributed by atoms with Gasteiger partial charge in [-0.05, 0) is 12.0 Å². The van der Waals surface area contributed by atoms with Crippen molar-refractivity contribution in [2.45, 2.75) is 19.8 Å². The van der Waals surface area contributed by atoms with Crippen LogP contribution in [0.4, 0.5) is 0 Å². The average molecular weight is 162 g/mol. The highest BCUT2D eigenvalue weighted by atomic mass is 15.3. The molecule has 0 saturated heterocycles. The Hall–Kier alpha value is -1.45. The SMILES string of the molecule is CC(C)c1cc2nn[nH]c2cn1. The van der Waals surface area contributed by atoms with E-state index in [1.165, 1.54) is 0 Å². The molecule has 0 aliphatic carbocycles. The lowest BCUT2D eigenvalue weighted by Crippen LogP contribution is -1.91. The van der Waals surface area contributed by atoms with Gasteiger partial charge < -0.3 is 0 Å². The lowest BCUT2D eigenvalue weighted by atomic mass is 10.1. The predicted molar refractivity (Wildman–Crippen MR) is 45.8 cm³/mol. The molecule has 2 heterocycles. The van der Waals surface area contributed by atoms with Crippen LogP contribution in [0.25, 0.3) is 11.0 Å². The van der Waals surface area contributed by atoms with Crippen LogP contribution in [0, 0.1) is 0 Å². The first-order valence-corrected chi connectivity index (χ1v) is 3.94. The minimum atomic E-state index is 0.436. The van der Waals surface area contributed by atoms with E-state index in [0.717, 1.165) is 16.7 Å². The molecular weight excluding hydrogens is 152 g/mol.